The molecule has 1 saturated heterocycles. The van der Waals surface area contributed by atoms with Crippen molar-refractivity contribution < 1.29 is 14.4 Å². The molecule has 112 valence electrons. The summed E-state index contributed by atoms with van der Waals surface area (Å²) in [5.74, 6) is 1.81. The van der Waals surface area contributed by atoms with Gasteiger partial charge in [0.05, 0.1) is 25.3 Å². The van der Waals surface area contributed by atoms with Gasteiger partial charge in [0.2, 0.25) is 11.7 Å². The highest BCUT2D eigenvalue weighted by Gasteiger charge is 2.20. The molecule has 0 spiro atoms. The quantitative estimate of drug-likeness (QED) is 0.923. The third-order valence-electron chi connectivity index (χ3n) is 3.66. The van der Waals surface area contributed by atoms with Gasteiger partial charge in [0.25, 0.3) is 0 Å². The van der Waals surface area contributed by atoms with Crippen LogP contribution in [-0.4, -0.2) is 46.5 Å². The molecule has 0 aliphatic carbocycles. The van der Waals surface area contributed by atoms with E-state index in [9.17, 15) is 5.11 Å². The van der Waals surface area contributed by atoms with Crippen LogP contribution >= 0.6 is 0 Å². The van der Waals surface area contributed by atoms with Crippen molar-refractivity contribution in [2.45, 2.75) is 25.5 Å². The van der Waals surface area contributed by atoms with Crippen LogP contribution in [0.5, 0.6) is 5.75 Å². The highest BCUT2D eigenvalue weighted by atomic mass is 16.5. The van der Waals surface area contributed by atoms with Gasteiger partial charge in [0.15, 0.2) is 0 Å². The summed E-state index contributed by atoms with van der Waals surface area (Å²) < 4.78 is 10.6. The van der Waals surface area contributed by atoms with E-state index in [0.29, 0.717) is 24.8 Å². The van der Waals surface area contributed by atoms with Crippen molar-refractivity contribution in [2.24, 2.45) is 0 Å². The zero-order chi connectivity index (χ0) is 14.7. The average Bonchev–Trinajstić information content (AvgIpc) is 2.95. The van der Waals surface area contributed by atoms with Gasteiger partial charge >= 0.3 is 0 Å². The Bertz CT molecular complexity index is 599. The van der Waals surface area contributed by atoms with Crippen molar-refractivity contribution in [1.29, 1.82) is 0 Å². The van der Waals surface area contributed by atoms with Gasteiger partial charge in [-0.05, 0) is 31.5 Å². The first-order valence-electron chi connectivity index (χ1n) is 7.12. The van der Waals surface area contributed by atoms with Gasteiger partial charge in [0.1, 0.15) is 5.75 Å². The molecule has 2 heterocycles. The van der Waals surface area contributed by atoms with E-state index in [-0.39, 0.29) is 6.10 Å². The molecule has 21 heavy (non-hydrogen) atoms. The first-order chi connectivity index (χ1) is 10.3. The highest BCUT2D eigenvalue weighted by molar-refractivity contribution is 5.63. The highest BCUT2D eigenvalue weighted by Crippen LogP contribution is 2.27. The molecule has 6 heteroatoms. The van der Waals surface area contributed by atoms with Gasteiger partial charge in [0, 0.05) is 6.54 Å². The third-order valence-corrected chi connectivity index (χ3v) is 3.66. The number of aromatic nitrogens is 2. The zero-order valence-corrected chi connectivity index (χ0v) is 12.0. The summed E-state index contributed by atoms with van der Waals surface area (Å²) in [7, 11) is 1.62. The van der Waals surface area contributed by atoms with Crippen molar-refractivity contribution in [3.8, 4) is 17.1 Å². The second-order valence-electron chi connectivity index (χ2n) is 5.24. The summed E-state index contributed by atoms with van der Waals surface area (Å²) >= 11 is 0. The molecule has 3 rings (SSSR count). The Balaban J connectivity index is 1.74. The van der Waals surface area contributed by atoms with E-state index in [2.05, 4.69) is 15.0 Å². The van der Waals surface area contributed by atoms with Crippen molar-refractivity contribution in [3.05, 3.63) is 30.2 Å². The fraction of sp³-hybridized carbons (Fsp3) is 0.467. The lowest BCUT2D eigenvalue weighted by Crippen LogP contribution is -2.37. The molecule has 0 radical (unpaired) electrons. The molecular formula is C15H19N3O3. The average molecular weight is 289 g/mol. The Morgan fingerprint density at radius 3 is 3.10 bits per heavy atom. The normalized spacial score (nSPS) is 19.6. The molecule has 1 fully saturated rings. The molecule has 0 amide bonds. The fourth-order valence-corrected chi connectivity index (χ4v) is 2.62. The van der Waals surface area contributed by atoms with Crippen LogP contribution in [0.2, 0.25) is 0 Å². The number of aliphatic hydroxyl groups is 1. The molecule has 0 bridgehead atoms. The number of para-hydroxylation sites is 1. The van der Waals surface area contributed by atoms with Gasteiger partial charge < -0.3 is 14.4 Å². The van der Waals surface area contributed by atoms with Crippen LogP contribution < -0.4 is 4.74 Å². The summed E-state index contributed by atoms with van der Waals surface area (Å²) in [5, 5.41) is 13.7. The lowest BCUT2D eigenvalue weighted by atomic mass is 10.1. The number of aliphatic hydroxyl groups excluding tert-OH is 1. The Morgan fingerprint density at radius 1 is 1.43 bits per heavy atom. The lowest BCUT2D eigenvalue weighted by Gasteiger charge is -2.28. The summed E-state index contributed by atoms with van der Waals surface area (Å²) in [6, 6.07) is 7.58. The minimum atomic E-state index is -0.254. The molecule has 1 aliphatic rings. The van der Waals surface area contributed by atoms with Gasteiger partial charge in [-0.1, -0.05) is 17.3 Å². The molecule has 2 aromatic rings. The number of nitrogens with zero attached hydrogens (tertiary/aromatic N) is 3. The minimum Gasteiger partial charge on any atom is -0.496 e. The summed E-state index contributed by atoms with van der Waals surface area (Å²) in [4.78, 5) is 6.56. The maximum absolute atomic E-state index is 9.68. The number of rotatable bonds is 4. The molecule has 1 unspecified atom stereocenters. The van der Waals surface area contributed by atoms with Crippen molar-refractivity contribution in [1.82, 2.24) is 15.0 Å². The predicted octanol–water partition coefficient (Wildman–Crippen LogP) is 1.70. The molecule has 0 saturated carbocycles. The van der Waals surface area contributed by atoms with Crippen molar-refractivity contribution in [2.75, 3.05) is 20.2 Å². The molecule has 1 aromatic carbocycles. The maximum atomic E-state index is 9.68. The molecule has 6 nitrogen and oxygen atoms in total. The molecule has 1 atom stereocenters. The standard InChI is InChI=1S/C15H19N3O3/c1-20-13-7-3-2-6-12(13)15-16-14(21-17-15)10-18-8-4-5-11(19)9-18/h2-3,6-7,11,19H,4-5,8-10H2,1H3. The maximum Gasteiger partial charge on any atom is 0.241 e. The first-order valence-corrected chi connectivity index (χ1v) is 7.12. The Labute approximate surface area is 123 Å². The van der Waals surface area contributed by atoms with E-state index in [1.54, 1.807) is 7.11 Å². The van der Waals surface area contributed by atoms with E-state index in [1.807, 2.05) is 24.3 Å². The molecular weight excluding hydrogens is 270 g/mol. The van der Waals surface area contributed by atoms with Gasteiger partial charge in [-0.2, -0.15) is 4.98 Å². The molecule has 1 N–H and O–H groups in total. The number of benzene rings is 1. The van der Waals surface area contributed by atoms with Crippen LogP contribution in [0.25, 0.3) is 11.4 Å². The monoisotopic (exact) mass is 289 g/mol. The topological polar surface area (TPSA) is 71.6 Å². The van der Waals surface area contributed by atoms with Gasteiger partial charge in [-0.25, -0.2) is 0 Å². The zero-order valence-electron chi connectivity index (χ0n) is 12.0. The van der Waals surface area contributed by atoms with Crippen LogP contribution in [0.15, 0.2) is 28.8 Å². The minimum absolute atomic E-state index is 0.254. The Morgan fingerprint density at radius 2 is 2.29 bits per heavy atom. The van der Waals surface area contributed by atoms with E-state index in [1.165, 1.54) is 0 Å². The van der Waals surface area contributed by atoms with E-state index >= 15 is 0 Å². The lowest BCUT2D eigenvalue weighted by molar-refractivity contribution is 0.0613. The largest absolute Gasteiger partial charge is 0.496 e. The molecule has 1 aromatic heterocycles. The number of methoxy groups -OCH3 is 1. The van der Waals surface area contributed by atoms with E-state index < -0.39 is 0 Å². The number of hydrogen-bond donors (Lipinski definition) is 1. The number of ether oxygens (including phenoxy) is 1. The van der Waals surface area contributed by atoms with E-state index in [4.69, 9.17) is 9.26 Å². The van der Waals surface area contributed by atoms with Crippen molar-refractivity contribution in [3.63, 3.8) is 0 Å². The van der Waals surface area contributed by atoms with Crippen molar-refractivity contribution >= 4 is 0 Å². The second kappa shape index (κ2) is 6.24. The Hall–Kier alpha value is -1.92. The van der Waals surface area contributed by atoms with Crippen LogP contribution in [0.3, 0.4) is 0 Å². The van der Waals surface area contributed by atoms with E-state index in [0.717, 1.165) is 30.7 Å². The van der Waals surface area contributed by atoms with Crippen LogP contribution in [0.1, 0.15) is 18.7 Å². The number of likely N-dealkylation sites (tertiary alicyclic amines) is 1. The van der Waals surface area contributed by atoms with Gasteiger partial charge in [-0.15, -0.1) is 0 Å². The van der Waals surface area contributed by atoms with Gasteiger partial charge in [-0.3, -0.25) is 4.90 Å². The first kappa shape index (κ1) is 14.0. The summed E-state index contributed by atoms with van der Waals surface area (Å²) in [5.41, 5.74) is 0.814. The van der Waals surface area contributed by atoms with Crippen LogP contribution in [0.4, 0.5) is 0 Å². The number of β-amino-alcohol motifs (C(OH)–C–C–N with tert-alkyl or cyclic N) is 1. The second-order valence-corrected chi connectivity index (χ2v) is 5.24. The Kier molecular flexibility index (Phi) is 4.17. The number of hydrogen-bond acceptors (Lipinski definition) is 6. The summed E-state index contributed by atoms with van der Waals surface area (Å²) in [6.07, 6.45) is 1.61. The molecule has 1 aliphatic heterocycles. The van der Waals surface area contributed by atoms with Crippen LogP contribution in [0, 0.1) is 0 Å². The fourth-order valence-electron chi connectivity index (χ4n) is 2.62. The smallest absolute Gasteiger partial charge is 0.241 e. The SMILES string of the molecule is COc1ccccc1-c1noc(CN2CCCC(O)C2)n1. The third kappa shape index (κ3) is 3.22. The predicted molar refractivity (Wildman–Crippen MR) is 76.8 cm³/mol. The summed E-state index contributed by atoms with van der Waals surface area (Å²) in [6.45, 7) is 2.18. The van der Waals surface area contributed by atoms with Crippen LogP contribution in [-0.2, 0) is 6.54 Å². The number of piperidine rings is 1.